The van der Waals surface area contributed by atoms with Gasteiger partial charge >= 0.3 is 0 Å². The van der Waals surface area contributed by atoms with Crippen LogP contribution in [-0.2, 0) is 11.3 Å². The molecular formula is C17H26BrClN2O3. The van der Waals surface area contributed by atoms with Gasteiger partial charge in [0.2, 0.25) is 5.91 Å². The number of carbonyl (C=O) groups is 1. The van der Waals surface area contributed by atoms with Crippen molar-refractivity contribution in [3.05, 3.63) is 22.2 Å². The molecule has 0 radical (unpaired) electrons. The fraction of sp³-hybridized carbons (Fsp3) is 0.588. The second-order valence-corrected chi connectivity index (χ2v) is 6.41. The lowest BCUT2D eigenvalue weighted by atomic mass is 10.2. The molecule has 1 aromatic carbocycles. The second-order valence-electron chi connectivity index (χ2n) is 5.56. The van der Waals surface area contributed by atoms with E-state index < -0.39 is 0 Å². The molecular weight excluding hydrogens is 396 g/mol. The summed E-state index contributed by atoms with van der Waals surface area (Å²) in [7, 11) is 1.64. The Balaban J connectivity index is 0.00000288. The SMILES string of the molecule is CCOc1cc(CNCCCN2CCCC2=O)cc(Br)c1OC.Cl. The maximum absolute atomic E-state index is 11.5. The summed E-state index contributed by atoms with van der Waals surface area (Å²) in [6.07, 6.45) is 2.70. The Bertz CT molecular complexity index is 543. The van der Waals surface area contributed by atoms with Crippen molar-refractivity contribution in [2.45, 2.75) is 32.7 Å². The first-order chi connectivity index (χ1) is 11.2. The molecule has 0 atom stereocenters. The maximum atomic E-state index is 11.5. The number of nitrogens with one attached hydrogen (secondary N) is 1. The monoisotopic (exact) mass is 420 g/mol. The van der Waals surface area contributed by atoms with Gasteiger partial charge in [0.1, 0.15) is 0 Å². The van der Waals surface area contributed by atoms with Crippen molar-refractivity contribution in [3.8, 4) is 11.5 Å². The topological polar surface area (TPSA) is 50.8 Å². The number of ether oxygens (including phenoxy) is 2. The summed E-state index contributed by atoms with van der Waals surface area (Å²) >= 11 is 3.53. The smallest absolute Gasteiger partial charge is 0.222 e. The van der Waals surface area contributed by atoms with Crippen LogP contribution in [0.25, 0.3) is 0 Å². The van der Waals surface area contributed by atoms with Crippen molar-refractivity contribution < 1.29 is 14.3 Å². The van der Waals surface area contributed by atoms with Crippen molar-refractivity contribution in [1.82, 2.24) is 10.2 Å². The van der Waals surface area contributed by atoms with Gasteiger partial charge in [-0.05, 0) is 59.9 Å². The average molecular weight is 422 g/mol. The lowest BCUT2D eigenvalue weighted by Crippen LogP contribution is -2.28. The van der Waals surface area contributed by atoms with E-state index in [-0.39, 0.29) is 12.4 Å². The highest BCUT2D eigenvalue weighted by molar-refractivity contribution is 9.10. The summed E-state index contributed by atoms with van der Waals surface area (Å²) in [5.74, 6) is 1.78. The van der Waals surface area contributed by atoms with Crippen molar-refractivity contribution in [3.63, 3.8) is 0 Å². The van der Waals surface area contributed by atoms with E-state index >= 15 is 0 Å². The van der Waals surface area contributed by atoms with Crippen LogP contribution in [0.4, 0.5) is 0 Å². The normalized spacial score (nSPS) is 13.8. The number of likely N-dealkylation sites (tertiary alicyclic amines) is 1. The summed E-state index contributed by atoms with van der Waals surface area (Å²) in [6, 6.07) is 4.04. The first kappa shape index (κ1) is 21.1. The van der Waals surface area contributed by atoms with Crippen molar-refractivity contribution >= 4 is 34.2 Å². The van der Waals surface area contributed by atoms with Crippen LogP contribution in [0.5, 0.6) is 11.5 Å². The quantitative estimate of drug-likeness (QED) is 0.621. The fourth-order valence-electron chi connectivity index (χ4n) is 2.75. The van der Waals surface area contributed by atoms with Crippen LogP contribution in [0.2, 0.25) is 0 Å². The Labute approximate surface area is 158 Å². The molecule has 7 heteroatoms. The number of amides is 1. The van der Waals surface area contributed by atoms with Gasteiger partial charge in [-0.1, -0.05) is 0 Å². The average Bonchev–Trinajstić information content (AvgIpc) is 2.92. The Morgan fingerprint density at radius 2 is 2.17 bits per heavy atom. The fourth-order valence-corrected chi connectivity index (χ4v) is 3.40. The minimum absolute atomic E-state index is 0. The number of methoxy groups -OCH3 is 1. The molecule has 1 saturated heterocycles. The zero-order valence-corrected chi connectivity index (χ0v) is 16.7. The van der Waals surface area contributed by atoms with Crippen molar-refractivity contribution in [1.29, 1.82) is 0 Å². The Morgan fingerprint density at radius 3 is 2.79 bits per heavy atom. The molecule has 24 heavy (non-hydrogen) atoms. The highest BCUT2D eigenvalue weighted by Crippen LogP contribution is 2.36. The Morgan fingerprint density at radius 1 is 1.38 bits per heavy atom. The maximum Gasteiger partial charge on any atom is 0.222 e. The Hall–Kier alpha value is -0.980. The van der Waals surface area contributed by atoms with E-state index in [1.54, 1.807) is 7.11 Å². The molecule has 1 fully saturated rings. The van der Waals surface area contributed by atoms with Gasteiger partial charge in [-0.15, -0.1) is 12.4 Å². The number of carbonyl (C=O) groups excluding carboxylic acids is 1. The molecule has 1 aliphatic heterocycles. The third-order valence-corrected chi connectivity index (χ3v) is 4.44. The molecule has 1 N–H and O–H groups in total. The lowest BCUT2D eigenvalue weighted by molar-refractivity contribution is -0.127. The van der Waals surface area contributed by atoms with Gasteiger partial charge in [0.25, 0.3) is 0 Å². The molecule has 5 nitrogen and oxygen atoms in total. The molecule has 0 aliphatic carbocycles. The number of nitrogens with zero attached hydrogens (tertiary/aromatic N) is 1. The molecule has 136 valence electrons. The van der Waals surface area contributed by atoms with Crippen LogP contribution >= 0.6 is 28.3 Å². The largest absolute Gasteiger partial charge is 0.492 e. The zero-order valence-electron chi connectivity index (χ0n) is 14.3. The minimum Gasteiger partial charge on any atom is -0.492 e. The summed E-state index contributed by atoms with van der Waals surface area (Å²) in [5, 5.41) is 3.42. The van der Waals surface area contributed by atoms with Crippen LogP contribution < -0.4 is 14.8 Å². The first-order valence-corrected chi connectivity index (χ1v) is 8.92. The van der Waals surface area contributed by atoms with Crippen molar-refractivity contribution in [2.24, 2.45) is 0 Å². The van der Waals surface area contributed by atoms with Crippen LogP contribution in [0.3, 0.4) is 0 Å². The summed E-state index contributed by atoms with van der Waals surface area (Å²) < 4.78 is 11.9. The molecule has 0 bridgehead atoms. The van der Waals surface area contributed by atoms with Gasteiger partial charge in [0, 0.05) is 26.1 Å². The zero-order chi connectivity index (χ0) is 16.7. The first-order valence-electron chi connectivity index (χ1n) is 8.13. The van der Waals surface area contributed by atoms with E-state index in [2.05, 4.69) is 21.2 Å². The highest BCUT2D eigenvalue weighted by atomic mass is 79.9. The Kier molecular flexibility index (Phi) is 9.48. The van der Waals surface area contributed by atoms with Crippen LogP contribution in [0.1, 0.15) is 31.7 Å². The van der Waals surface area contributed by atoms with Crippen molar-refractivity contribution in [2.75, 3.05) is 33.4 Å². The number of halogens is 2. The minimum atomic E-state index is 0. The molecule has 2 rings (SSSR count). The predicted molar refractivity (Wildman–Crippen MR) is 101 cm³/mol. The van der Waals surface area contributed by atoms with Crippen LogP contribution in [0, 0.1) is 0 Å². The number of hydrogen-bond acceptors (Lipinski definition) is 4. The molecule has 1 amide bonds. The number of hydrogen-bond donors (Lipinski definition) is 1. The molecule has 0 spiro atoms. The molecule has 1 heterocycles. The molecule has 0 saturated carbocycles. The van der Waals surface area contributed by atoms with Gasteiger partial charge in [-0.3, -0.25) is 4.79 Å². The number of benzene rings is 1. The summed E-state index contributed by atoms with van der Waals surface area (Å²) in [6.45, 7) is 5.97. The summed E-state index contributed by atoms with van der Waals surface area (Å²) in [5.41, 5.74) is 1.14. The standard InChI is InChI=1S/C17H25BrN2O3.ClH/c1-3-23-15-11-13(10-14(18)17(15)22-2)12-19-7-5-9-20-8-4-6-16(20)21;/h10-11,19H,3-9,12H2,1-2H3;1H. The van der Waals surface area contributed by atoms with E-state index in [1.807, 2.05) is 24.0 Å². The van der Waals surface area contributed by atoms with Gasteiger partial charge in [0.15, 0.2) is 11.5 Å². The van der Waals surface area contributed by atoms with E-state index in [0.29, 0.717) is 18.9 Å². The van der Waals surface area contributed by atoms with Gasteiger partial charge in [-0.25, -0.2) is 0 Å². The van der Waals surface area contributed by atoms with Gasteiger partial charge < -0.3 is 19.7 Å². The molecule has 0 unspecified atom stereocenters. The highest BCUT2D eigenvalue weighted by Gasteiger charge is 2.18. The van der Waals surface area contributed by atoms with E-state index in [0.717, 1.165) is 60.6 Å². The lowest BCUT2D eigenvalue weighted by Gasteiger charge is -2.16. The van der Waals surface area contributed by atoms with Gasteiger partial charge in [0.05, 0.1) is 18.2 Å². The third-order valence-electron chi connectivity index (χ3n) is 3.86. The number of rotatable bonds is 9. The van der Waals surface area contributed by atoms with Crippen LogP contribution in [-0.4, -0.2) is 44.2 Å². The summed E-state index contributed by atoms with van der Waals surface area (Å²) in [4.78, 5) is 13.5. The van der Waals surface area contributed by atoms with E-state index in [9.17, 15) is 4.79 Å². The van der Waals surface area contributed by atoms with Crippen LogP contribution in [0.15, 0.2) is 16.6 Å². The van der Waals surface area contributed by atoms with Gasteiger partial charge in [-0.2, -0.15) is 0 Å². The second kappa shape index (κ2) is 10.8. The predicted octanol–water partition coefficient (Wildman–Crippen LogP) is 3.38. The van der Waals surface area contributed by atoms with E-state index in [4.69, 9.17) is 9.47 Å². The van der Waals surface area contributed by atoms with E-state index in [1.165, 1.54) is 0 Å². The molecule has 1 aliphatic rings. The third kappa shape index (κ3) is 5.83. The molecule has 0 aromatic heterocycles. The molecule has 1 aromatic rings.